The van der Waals surface area contributed by atoms with Gasteiger partial charge >= 0.3 is 0 Å². The number of aliphatic hydroxyl groups is 1. The Bertz CT molecular complexity index is 293. The fraction of sp³-hybridized carbons (Fsp3) is 0.692. The zero-order valence-electron chi connectivity index (χ0n) is 10.9. The van der Waals surface area contributed by atoms with Crippen molar-refractivity contribution in [2.45, 2.75) is 38.9 Å². The summed E-state index contributed by atoms with van der Waals surface area (Å²) in [5, 5.41) is 17.2. The van der Waals surface area contributed by atoms with Crippen molar-refractivity contribution in [2.75, 3.05) is 19.7 Å². The molecule has 4 heteroatoms. The van der Waals surface area contributed by atoms with Crippen LogP contribution in [0.15, 0.2) is 16.8 Å². The van der Waals surface area contributed by atoms with E-state index in [-0.39, 0.29) is 5.60 Å². The number of nitrogens with one attached hydrogen (secondary N) is 1. The minimum atomic E-state index is -0.434. The van der Waals surface area contributed by atoms with Crippen molar-refractivity contribution >= 4 is 11.3 Å². The van der Waals surface area contributed by atoms with Gasteiger partial charge in [-0.2, -0.15) is 11.3 Å². The van der Waals surface area contributed by atoms with Crippen molar-refractivity contribution in [1.29, 1.82) is 0 Å². The Labute approximate surface area is 108 Å². The summed E-state index contributed by atoms with van der Waals surface area (Å²) in [6.07, 6.45) is 0.577. The third-order valence-corrected chi connectivity index (χ3v) is 2.99. The molecule has 0 aliphatic heterocycles. The first-order chi connectivity index (χ1) is 7.97. The topological polar surface area (TPSA) is 41.5 Å². The highest BCUT2D eigenvalue weighted by Crippen LogP contribution is 2.07. The predicted molar refractivity (Wildman–Crippen MR) is 72.6 cm³/mol. The fourth-order valence-electron chi connectivity index (χ4n) is 1.34. The molecule has 2 N–H and O–H groups in total. The molecule has 0 saturated carbocycles. The van der Waals surface area contributed by atoms with Crippen LogP contribution in [0, 0.1) is 0 Å². The minimum Gasteiger partial charge on any atom is -0.389 e. The molecule has 0 aromatic carbocycles. The van der Waals surface area contributed by atoms with Gasteiger partial charge in [0.2, 0.25) is 0 Å². The third kappa shape index (κ3) is 7.49. The first kappa shape index (κ1) is 14.6. The van der Waals surface area contributed by atoms with E-state index in [4.69, 9.17) is 4.74 Å². The second-order valence-corrected chi connectivity index (χ2v) is 5.94. The molecule has 1 rings (SSSR count). The van der Waals surface area contributed by atoms with Gasteiger partial charge < -0.3 is 15.2 Å². The molecular weight excluding hydrogens is 234 g/mol. The molecule has 0 amide bonds. The second-order valence-electron chi connectivity index (χ2n) is 5.16. The van der Waals surface area contributed by atoms with Gasteiger partial charge in [-0.15, -0.1) is 0 Å². The van der Waals surface area contributed by atoms with Gasteiger partial charge in [-0.05, 0) is 56.1 Å². The van der Waals surface area contributed by atoms with Crippen molar-refractivity contribution in [2.24, 2.45) is 0 Å². The molecule has 0 saturated heterocycles. The zero-order chi connectivity index (χ0) is 12.7. The van der Waals surface area contributed by atoms with E-state index in [1.807, 2.05) is 20.8 Å². The monoisotopic (exact) mass is 257 g/mol. The largest absolute Gasteiger partial charge is 0.389 e. The molecular formula is C13H23NO2S. The van der Waals surface area contributed by atoms with Crippen molar-refractivity contribution in [3.63, 3.8) is 0 Å². The van der Waals surface area contributed by atoms with Gasteiger partial charge in [-0.1, -0.05) is 0 Å². The molecule has 1 aromatic heterocycles. The summed E-state index contributed by atoms with van der Waals surface area (Å²) in [5.41, 5.74) is 1.17. The molecule has 0 fully saturated rings. The van der Waals surface area contributed by atoms with Crippen LogP contribution in [0.25, 0.3) is 0 Å². The maximum absolute atomic E-state index is 9.68. The molecule has 1 atom stereocenters. The molecule has 0 bridgehead atoms. The SMILES string of the molecule is CC(C)(C)OCC(O)CNCCc1ccsc1. The van der Waals surface area contributed by atoms with E-state index < -0.39 is 6.10 Å². The number of rotatable bonds is 7. The van der Waals surface area contributed by atoms with Crippen LogP contribution < -0.4 is 5.32 Å². The fourth-order valence-corrected chi connectivity index (χ4v) is 2.04. The van der Waals surface area contributed by atoms with Crippen LogP contribution in [-0.2, 0) is 11.2 Å². The Morgan fingerprint density at radius 2 is 2.24 bits per heavy atom. The molecule has 3 nitrogen and oxygen atoms in total. The molecule has 0 aliphatic rings. The molecule has 0 aliphatic carbocycles. The first-order valence-electron chi connectivity index (χ1n) is 6.01. The molecule has 98 valence electrons. The van der Waals surface area contributed by atoms with Crippen LogP contribution in [0.4, 0.5) is 0 Å². The van der Waals surface area contributed by atoms with Crippen LogP contribution in [0.5, 0.6) is 0 Å². The van der Waals surface area contributed by atoms with Crippen LogP contribution in [0.3, 0.4) is 0 Å². The van der Waals surface area contributed by atoms with Crippen molar-refractivity contribution in [1.82, 2.24) is 5.32 Å². The van der Waals surface area contributed by atoms with E-state index in [1.54, 1.807) is 11.3 Å². The predicted octanol–water partition coefficient (Wildman–Crippen LogP) is 2.06. The average Bonchev–Trinajstić information content (AvgIpc) is 2.73. The lowest BCUT2D eigenvalue weighted by Crippen LogP contribution is -2.34. The summed E-state index contributed by atoms with van der Waals surface area (Å²) in [4.78, 5) is 0. The Balaban J connectivity index is 2.02. The summed E-state index contributed by atoms with van der Waals surface area (Å²) in [6, 6.07) is 2.13. The van der Waals surface area contributed by atoms with Crippen molar-refractivity contribution in [3.8, 4) is 0 Å². The maximum Gasteiger partial charge on any atom is 0.0897 e. The maximum atomic E-state index is 9.68. The van der Waals surface area contributed by atoms with Gasteiger partial charge in [0.05, 0.1) is 18.3 Å². The number of hydrogen-bond donors (Lipinski definition) is 2. The van der Waals surface area contributed by atoms with Gasteiger partial charge in [0.15, 0.2) is 0 Å². The Morgan fingerprint density at radius 3 is 2.82 bits per heavy atom. The number of aliphatic hydroxyl groups excluding tert-OH is 1. The molecule has 0 radical (unpaired) electrons. The van der Waals surface area contributed by atoms with E-state index in [0.717, 1.165) is 13.0 Å². The summed E-state index contributed by atoms with van der Waals surface area (Å²) in [7, 11) is 0. The lowest BCUT2D eigenvalue weighted by Gasteiger charge is -2.22. The normalized spacial score (nSPS) is 13.9. The highest BCUT2D eigenvalue weighted by atomic mass is 32.1. The Hall–Kier alpha value is -0.420. The molecule has 1 heterocycles. The molecule has 0 spiro atoms. The summed E-state index contributed by atoms with van der Waals surface area (Å²) < 4.78 is 5.51. The van der Waals surface area contributed by atoms with Gasteiger partial charge in [0.25, 0.3) is 0 Å². The highest BCUT2D eigenvalue weighted by Gasteiger charge is 2.13. The van der Waals surface area contributed by atoms with Crippen LogP contribution in [-0.4, -0.2) is 36.5 Å². The summed E-state index contributed by atoms with van der Waals surface area (Å²) in [5.74, 6) is 0. The molecule has 1 aromatic rings. The standard InChI is InChI=1S/C13H23NO2S/c1-13(2,3)16-9-12(15)8-14-6-4-11-5-7-17-10-11/h5,7,10,12,14-15H,4,6,8-9H2,1-3H3. The van der Waals surface area contributed by atoms with Crippen molar-refractivity contribution in [3.05, 3.63) is 22.4 Å². The Kier molecular flexibility index (Phi) is 6.12. The van der Waals surface area contributed by atoms with Gasteiger partial charge in [-0.25, -0.2) is 0 Å². The molecule has 1 unspecified atom stereocenters. The van der Waals surface area contributed by atoms with Crippen LogP contribution >= 0.6 is 11.3 Å². The number of ether oxygens (including phenoxy) is 1. The minimum absolute atomic E-state index is 0.183. The van der Waals surface area contributed by atoms with Gasteiger partial charge in [-0.3, -0.25) is 0 Å². The van der Waals surface area contributed by atoms with E-state index in [9.17, 15) is 5.11 Å². The average molecular weight is 257 g/mol. The second kappa shape index (κ2) is 7.11. The summed E-state index contributed by atoms with van der Waals surface area (Å²) >= 11 is 1.72. The Morgan fingerprint density at radius 1 is 1.47 bits per heavy atom. The number of thiophene rings is 1. The summed E-state index contributed by atoms with van der Waals surface area (Å²) in [6.45, 7) is 7.83. The van der Waals surface area contributed by atoms with E-state index >= 15 is 0 Å². The lowest BCUT2D eigenvalue weighted by atomic mass is 10.2. The zero-order valence-corrected chi connectivity index (χ0v) is 11.7. The number of hydrogen-bond acceptors (Lipinski definition) is 4. The van der Waals surface area contributed by atoms with E-state index in [2.05, 4.69) is 22.1 Å². The van der Waals surface area contributed by atoms with E-state index in [1.165, 1.54) is 5.56 Å². The highest BCUT2D eigenvalue weighted by molar-refractivity contribution is 7.07. The quantitative estimate of drug-likeness (QED) is 0.735. The first-order valence-corrected chi connectivity index (χ1v) is 6.95. The molecule has 17 heavy (non-hydrogen) atoms. The lowest BCUT2D eigenvalue weighted by molar-refractivity contribution is -0.0477. The van der Waals surface area contributed by atoms with E-state index in [0.29, 0.717) is 13.2 Å². The smallest absolute Gasteiger partial charge is 0.0897 e. The van der Waals surface area contributed by atoms with Crippen LogP contribution in [0.1, 0.15) is 26.3 Å². The van der Waals surface area contributed by atoms with Gasteiger partial charge in [0, 0.05) is 6.54 Å². The third-order valence-electron chi connectivity index (χ3n) is 2.26. The van der Waals surface area contributed by atoms with Crippen LogP contribution in [0.2, 0.25) is 0 Å². The van der Waals surface area contributed by atoms with Crippen molar-refractivity contribution < 1.29 is 9.84 Å². The van der Waals surface area contributed by atoms with Gasteiger partial charge in [0.1, 0.15) is 0 Å².